The lowest BCUT2D eigenvalue weighted by molar-refractivity contribution is -0.136. The molecule has 26 nitrogen and oxygen atoms in total. The molecule has 26 heteroatoms. The summed E-state index contributed by atoms with van der Waals surface area (Å²) in [6, 6.07) is -12.8. The quantitative estimate of drug-likeness (QED) is 0.0572. The van der Waals surface area contributed by atoms with Crippen molar-refractivity contribution in [2.45, 2.75) is 160 Å². The van der Waals surface area contributed by atoms with Crippen LogP contribution in [0.4, 0.5) is 0 Å². The number of aliphatic hydroxyl groups excluding tert-OH is 2. The third kappa shape index (κ3) is 21.2. The number of hydrogen-bond donors (Lipinski definition) is 16. The van der Waals surface area contributed by atoms with Gasteiger partial charge in [-0.2, -0.15) is 0 Å². The van der Waals surface area contributed by atoms with Gasteiger partial charge in [0.1, 0.15) is 54.4 Å². The second kappa shape index (κ2) is 30.8. The van der Waals surface area contributed by atoms with E-state index in [0.717, 1.165) is 6.92 Å². The van der Waals surface area contributed by atoms with Gasteiger partial charge in [0, 0.05) is 13.5 Å². The first-order valence-electron chi connectivity index (χ1n) is 23.0. The van der Waals surface area contributed by atoms with Crippen LogP contribution in [0.15, 0.2) is 0 Å². The minimum absolute atomic E-state index is 0.0671. The van der Waals surface area contributed by atoms with E-state index >= 15 is 0 Å². The molecule has 0 aromatic carbocycles. The number of hydrogen-bond acceptors (Lipinski definition) is 16. The van der Waals surface area contributed by atoms with Crippen molar-refractivity contribution >= 4 is 59.1 Å². The predicted octanol–water partition coefficient (Wildman–Crippen LogP) is -6.86. The fourth-order valence-corrected chi connectivity index (χ4v) is 7.04. The molecule has 388 valence electrons. The summed E-state index contributed by atoms with van der Waals surface area (Å²) in [5.74, 6) is -9.04. The van der Waals surface area contributed by atoms with Crippen molar-refractivity contribution in [2.75, 3.05) is 32.7 Å². The Morgan fingerprint density at radius 2 is 0.985 bits per heavy atom. The molecule has 1 fully saturated rings. The van der Waals surface area contributed by atoms with Crippen LogP contribution in [0.25, 0.3) is 0 Å². The van der Waals surface area contributed by atoms with E-state index in [9.17, 15) is 58.2 Å². The van der Waals surface area contributed by atoms with Crippen LogP contribution in [-0.2, 0) is 47.9 Å². The van der Waals surface area contributed by atoms with Gasteiger partial charge in [-0.3, -0.25) is 47.9 Å². The second-order valence-corrected chi connectivity index (χ2v) is 17.7. The van der Waals surface area contributed by atoms with Crippen molar-refractivity contribution in [2.24, 2.45) is 34.8 Å². The van der Waals surface area contributed by atoms with E-state index in [-0.39, 0.29) is 76.5 Å². The summed E-state index contributed by atoms with van der Waals surface area (Å²) in [5, 5.41) is 45.9. The van der Waals surface area contributed by atoms with Crippen molar-refractivity contribution in [3.05, 3.63) is 0 Å². The van der Waals surface area contributed by atoms with E-state index in [1.165, 1.54) is 13.8 Å². The Morgan fingerprint density at radius 3 is 1.37 bits per heavy atom. The highest BCUT2D eigenvalue weighted by atomic mass is 16.3. The Bertz CT molecular complexity index is 1720. The Balaban J connectivity index is 3.90. The van der Waals surface area contributed by atoms with Crippen LogP contribution in [0, 0.1) is 11.8 Å². The maximum atomic E-state index is 14.2. The molecule has 0 spiro atoms. The summed E-state index contributed by atoms with van der Waals surface area (Å²) >= 11 is 0. The molecule has 0 bridgehead atoms. The van der Waals surface area contributed by atoms with E-state index in [4.69, 9.17) is 22.9 Å². The highest BCUT2D eigenvalue weighted by Gasteiger charge is 2.36. The maximum Gasteiger partial charge on any atom is 0.245 e. The first-order valence-corrected chi connectivity index (χ1v) is 23.0. The summed E-state index contributed by atoms with van der Waals surface area (Å²) in [6.07, 6.45) is -3.79. The van der Waals surface area contributed by atoms with Crippen LogP contribution < -0.4 is 76.1 Å². The first kappa shape index (κ1) is 60.5. The van der Waals surface area contributed by atoms with Gasteiger partial charge in [-0.15, -0.1) is 0 Å². The number of carbonyl (C=O) groups is 10. The molecule has 0 aliphatic carbocycles. The summed E-state index contributed by atoms with van der Waals surface area (Å²) in [7, 11) is 0. The van der Waals surface area contributed by atoms with Gasteiger partial charge in [-0.05, 0) is 96.8 Å². The standard InChI is InChI=1S/C42H78N14O12/c1-20(2)18-30-39(65)51-25(8-13-43)34(60)50-28(11-16-46)38(64)56-32(22(5)57)41(67)47-17-12-29(52-35(61)27(10-15-45)53-42(68)33(23(6)58)48-24(7)59)37(63)49-26(9-14-44)36(62)54-31(19-21(3)4)40(66)55-30/h20-23,25-33,57-58H,8-19,43-46H2,1-7H3,(H,47,67)(H,48,59)(H,49,63)(H,50,60)(H,51,65)(H,52,61)(H,53,68)(H,54,62)(H,55,66)(H,56,64)/t22-,23-,25+,26+,27+,28+,29+,30+,31-,32+,33+/m1/s1. The van der Waals surface area contributed by atoms with Gasteiger partial charge in [-0.25, -0.2) is 0 Å². The van der Waals surface area contributed by atoms with Crippen LogP contribution in [-0.4, -0.2) is 169 Å². The zero-order chi connectivity index (χ0) is 51.8. The average Bonchev–Trinajstić information content (AvgIpc) is 3.24. The van der Waals surface area contributed by atoms with E-state index < -0.39 is 139 Å². The number of rotatable bonds is 19. The zero-order valence-electron chi connectivity index (χ0n) is 40.3. The third-order valence-electron chi connectivity index (χ3n) is 10.6. The minimum atomic E-state index is -1.64. The van der Waals surface area contributed by atoms with Gasteiger partial charge in [0.05, 0.1) is 12.2 Å². The lowest BCUT2D eigenvalue weighted by Crippen LogP contribution is -2.61. The van der Waals surface area contributed by atoms with E-state index in [0.29, 0.717) is 0 Å². The Morgan fingerprint density at radius 1 is 0.574 bits per heavy atom. The molecule has 10 amide bonds. The monoisotopic (exact) mass is 971 g/mol. The van der Waals surface area contributed by atoms with E-state index in [1.807, 2.05) is 0 Å². The lowest BCUT2D eigenvalue weighted by atomic mass is 9.99. The largest absolute Gasteiger partial charge is 0.391 e. The minimum Gasteiger partial charge on any atom is -0.391 e. The molecule has 0 aromatic rings. The molecule has 1 saturated heterocycles. The molecule has 1 aliphatic rings. The Hall–Kier alpha value is -5.54. The fourth-order valence-electron chi connectivity index (χ4n) is 7.04. The van der Waals surface area contributed by atoms with Gasteiger partial charge in [0.15, 0.2) is 0 Å². The molecular formula is C42H78N14O12. The van der Waals surface area contributed by atoms with Crippen molar-refractivity contribution in [3.63, 3.8) is 0 Å². The molecule has 1 heterocycles. The van der Waals surface area contributed by atoms with Crippen molar-refractivity contribution in [1.82, 2.24) is 53.2 Å². The summed E-state index contributed by atoms with van der Waals surface area (Å²) < 4.78 is 0. The van der Waals surface area contributed by atoms with E-state index in [2.05, 4.69) is 53.2 Å². The third-order valence-corrected chi connectivity index (χ3v) is 10.6. The zero-order valence-corrected chi connectivity index (χ0v) is 40.3. The molecule has 0 saturated carbocycles. The topological polar surface area (TPSA) is 436 Å². The first-order chi connectivity index (χ1) is 31.9. The molecule has 11 atom stereocenters. The summed E-state index contributed by atoms with van der Waals surface area (Å²) in [5.41, 5.74) is 23.2. The highest BCUT2D eigenvalue weighted by molar-refractivity contribution is 5.98. The SMILES string of the molecule is CC(=O)N[C@H](C(=O)N[C@@H](CCN)C(=O)N[C@H]1CCNC(=O)[C@H]([C@@H](C)O)NC(=O)[C@H](CCN)NC(=O)[C@H](CCN)NC(=O)[C@H](CC(C)C)NC(=O)[C@@H](CC(C)C)NC(=O)[C@H](CCN)NC1=O)[C@@H](C)O. The van der Waals surface area contributed by atoms with E-state index in [1.54, 1.807) is 27.7 Å². The number of amides is 10. The van der Waals surface area contributed by atoms with Crippen molar-refractivity contribution < 1.29 is 58.2 Å². The smallest absolute Gasteiger partial charge is 0.245 e. The maximum absolute atomic E-state index is 14.2. The lowest BCUT2D eigenvalue weighted by Gasteiger charge is -2.29. The normalized spacial score (nSPS) is 24.9. The molecule has 0 unspecified atom stereocenters. The van der Waals surface area contributed by atoms with Gasteiger partial charge in [-0.1, -0.05) is 27.7 Å². The predicted molar refractivity (Wildman–Crippen MR) is 248 cm³/mol. The molecule has 68 heavy (non-hydrogen) atoms. The number of nitrogens with one attached hydrogen (secondary N) is 10. The molecule has 0 radical (unpaired) electrons. The van der Waals surface area contributed by atoms with Crippen LogP contribution in [0.3, 0.4) is 0 Å². The van der Waals surface area contributed by atoms with Crippen LogP contribution in [0.5, 0.6) is 0 Å². The van der Waals surface area contributed by atoms with Gasteiger partial charge in [0.25, 0.3) is 0 Å². The van der Waals surface area contributed by atoms with Crippen LogP contribution >= 0.6 is 0 Å². The fraction of sp³-hybridized carbons (Fsp3) is 0.762. The molecule has 0 aromatic heterocycles. The highest BCUT2D eigenvalue weighted by Crippen LogP contribution is 2.11. The average molecular weight is 971 g/mol. The molecular weight excluding hydrogens is 893 g/mol. The number of carbonyl (C=O) groups excluding carboxylic acids is 10. The number of nitrogens with two attached hydrogens (primary N) is 4. The van der Waals surface area contributed by atoms with Gasteiger partial charge >= 0.3 is 0 Å². The van der Waals surface area contributed by atoms with Crippen LogP contribution in [0.2, 0.25) is 0 Å². The molecule has 1 aliphatic heterocycles. The van der Waals surface area contributed by atoms with Crippen molar-refractivity contribution in [3.8, 4) is 0 Å². The van der Waals surface area contributed by atoms with Crippen molar-refractivity contribution in [1.29, 1.82) is 0 Å². The summed E-state index contributed by atoms with van der Waals surface area (Å²) in [6.45, 7) is 9.79. The molecule has 20 N–H and O–H groups in total. The Kier molecular flexibility index (Phi) is 27.4. The molecule has 1 rings (SSSR count). The Labute approximate surface area is 397 Å². The number of aliphatic hydroxyl groups is 2. The summed E-state index contributed by atoms with van der Waals surface area (Å²) in [4.78, 5) is 136. The van der Waals surface area contributed by atoms with Gasteiger partial charge < -0.3 is 86.3 Å². The van der Waals surface area contributed by atoms with Gasteiger partial charge in [0.2, 0.25) is 59.1 Å². The van der Waals surface area contributed by atoms with Crippen LogP contribution in [0.1, 0.15) is 93.4 Å². The second-order valence-electron chi connectivity index (χ2n) is 17.7.